The molecule has 2 aliphatic heterocycles. The maximum Gasteiger partial charge on any atom is 0.324 e. The van der Waals surface area contributed by atoms with Gasteiger partial charge in [0.2, 0.25) is 0 Å². The van der Waals surface area contributed by atoms with Crippen molar-refractivity contribution in [2.45, 2.75) is 64.5 Å². The van der Waals surface area contributed by atoms with Crippen LogP contribution in [-0.4, -0.2) is 55.0 Å². The SMILES string of the molecule is CC(C)c1noc(N2CCC(COc3ccc(C4=CCC(C(=O)[NH+]5CC[C@@H](F)C5)CC4)cc3)CC2)n1. The van der Waals surface area contributed by atoms with Crippen LogP contribution in [0.2, 0.25) is 0 Å². The molecule has 7 nitrogen and oxygen atoms in total. The van der Waals surface area contributed by atoms with Crippen molar-refractivity contribution in [3.63, 3.8) is 0 Å². The minimum atomic E-state index is -0.818. The molecule has 0 bridgehead atoms. The van der Waals surface area contributed by atoms with E-state index >= 15 is 0 Å². The first-order valence-corrected chi connectivity index (χ1v) is 13.5. The zero-order valence-electron chi connectivity index (χ0n) is 21.4. The maximum atomic E-state index is 13.5. The van der Waals surface area contributed by atoms with Gasteiger partial charge in [0.25, 0.3) is 0 Å². The molecule has 3 atom stereocenters. The molecule has 3 aliphatic rings. The number of quaternary nitrogens is 1. The first-order valence-electron chi connectivity index (χ1n) is 13.5. The van der Waals surface area contributed by atoms with Crippen LogP contribution >= 0.6 is 0 Å². The molecule has 2 unspecified atom stereocenters. The van der Waals surface area contributed by atoms with Crippen LogP contribution in [0.4, 0.5) is 10.4 Å². The lowest BCUT2D eigenvalue weighted by molar-refractivity contribution is -0.809. The molecule has 3 heterocycles. The summed E-state index contributed by atoms with van der Waals surface area (Å²) in [6.45, 7) is 7.63. The number of nitrogens with one attached hydrogen (secondary N) is 1. The van der Waals surface area contributed by atoms with E-state index < -0.39 is 6.17 Å². The van der Waals surface area contributed by atoms with Crippen molar-refractivity contribution in [2.75, 3.05) is 37.7 Å². The van der Waals surface area contributed by atoms with Gasteiger partial charge in [-0.2, -0.15) is 4.98 Å². The molecule has 8 heteroatoms. The summed E-state index contributed by atoms with van der Waals surface area (Å²) in [5, 5.41) is 4.07. The number of piperidine rings is 1. The van der Waals surface area contributed by atoms with Crippen molar-refractivity contribution < 1.29 is 23.3 Å². The Morgan fingerprint density at radius 3 is 2.58 bits per heavy atom. The highest BCUT2D eigenvalue weighted by atomic mass is 19.1. The number of hydrogen-bond acceptors (Lipinski definition) is 6. The number of halogens is 1. The fourth-order valence-corrected chi connectivity index (χ4v) is 5.51. The highest BCUT2D eigenvalue weighted by molar-refractivity contribution is 5.74. The Morgan fingerprint density at radius 1 is 1.19 bits per heavy atom. The number of hydrogen-bond donors (Lipinski definition) is 1. The van der Waals surface area contributed by atoms with Gasteiger partial charge in [-0.05, 0) is 61.3 Å². The number of carbonyl (C=O) groups excluding carboxylic acids is 1. The lowest BCUT2D eigenvalue weighted by atomic mass is 9.86. The van der Waals surface area contributed by atoms with E-state index in [2.05, 4.69) is 47.1 Å². The average Bonchev–Trinajstić information content (AvgIpc) is 3.58. The van der Waals surface area contributed by atoms with Crippen LogP contribution in [0, 0.1) is 11.8 Å². The number of anilines is 1. The standard InChI is InChI=1S/C28H37FN4O3/c1-19(2)26-30-28(36-31-26)32-14-11-20(12-15-32)18-35-25-9-7-22(8-10-25)21-3-5-23(6-4-21)27(34)33-16-13-24(29)17-33/h3,7-10,19-20,23-24H,4-6,11-18H2,1-2H3/p+1/t23?,24-/m1/s1. The summed E-state index contributed by atoms with van der Waals surface area (Å²) in [5.41, 5.74) is 2.48. The van der Waals surface area contributed by atoms with Crippen molar-refractivity contribution in [2.24, 2.45) is 11.8 Å². The van der Waals surface area contributed by atoms with E-state index in [1.807, 2.05) is 12.1 Å². The topological polar surface area (TPSA) is 72.9 Å². The van der Waals surface area contributed by atoms with E-state index in [1.165, 1.54) is 11.1 Å². The minimum Gasteiger partial charge on any atom is -0.493 e. The lowest BCUT2D eigenvalue weighted by Gasteiger charge is -2.30. The van der Waals surface area contributed by atoms with Crippen molar-refractivity contribution in [1.82, 2.24) is 10.1 Å². The number of alkyl halides is 1. The molecule has 1 N–H and O–H groups in total. The van der Waals surface area contributed by atoms with Crippen LogP contribution in [0.3, 0.4) is 0 Å². The highest BCUT2D eigenvalue weighted by Crippen LogP contribution is 2.31. The van der Waals surface area contributed by atoms with Crippen molar-refractivity contribution in [3.05, 3.63) is 41.7 Å². The number of likely N-dealkylation sites (tertiary alicyclic amines) is 1. The smallest absolute Gasteiger partial charge is 0.324 e. The number of ether oxygens (including phenoxy) is 1. The number of carbonyl (C=O) groups is 1. The normalized spacial score (nSPS) is 25.3. The third-order valence-corrected chi connectivity index (χ3v) is 7.90. The first kappa shape index (κ1) is 24.9. The molecule has 5 rings (SSSR count). The molecule has 1 amide bonds. The third-order valence-electron chi connectivity index (χ3n) is 7.90. The van der Waals surface area contributed by atoms with Crippen LogP contribution in [0.15, 0.2) is 34.9 Å². The molecule has 194 valence electrons. The van der Waals surface area contributed by atoms with Crippen LogP contribution in [0.25, 0.3) is 5.57 Å². The Balaban J connectivity index is 1.06. The summed E-state index contributed by atoms with van der Waals surface area (Å²) in [6.07, 6.45) is 6.47. The van der Waals surface area contributed by atoms with Gasteiger partial charge in [-0.3, -0.25) is 4.90 Å². The van der Waals surface area contributed by atoms with Gasteiger partial charge in [0, 0.05) is 25.4 Å². The first-order chi connectivity index (χ1) is 17.5. The van der Waals surface area contributed by atoms with Gasteiger partial charge in [-0.1, -0.05) is 37.2 Å². The Labute approximate surface area is 212 Å². The number of benzene rings is 1. The van der Waals surface area contributed by atoms with Crippen LogP contribution in [0.5, 0.6) is 5.75 Å². The third kappa shape index (κ3) is 5.80. The second kappa shape index (κ2) is 11.1. The Morgan fingerprint density at radius 2 is 1.97 bits per heavy atom. The van der Waals surface area contributed by atoms with E-state index in [9.17, 15) is 9.18 Å². The van der Waals surface area contributed by atoms with Crippen molar-refractivity contribution in [3.8, 4) is 5.75 Å². The Kier molecular flexibility index (Phi) is 7.70. The molecule has 1 aromatic carbocycles. The second-order valence-corrected chi connectivity index (χ2v) is 10.9. The predicted molar refractivity (Wildman–Crippen MR) is 136 cm³/mol. The number of amides is 1. The summed E-state index contributed by atoms with van der Waals surface area (Å²) in [4.78, 5) is 20.2. The maximum absolute atomic E-state index is 13.5. The molecule has 0 spiro atoms. The highest BCUT2D eigenvalue weighted by Gasteiger charge is 2.36. The zero-order valence-corrected chi connectivity index (χ0v) is 21.4. The van der Waals surface area contributed by atoms with E-state index in [1.54, 1.807) is 0 Å². The van der Waals surface area contributed by atoms with Gasteiger partial charge in [-0.25, -0.2) is 9.18 Å². The number of aromatic nitrogens is 2. The Hall–Kier alpha value is -2.74. The van der Waals surface area contributed by atoms with Gasteiger partial charge < -0.3 is 14.2 Å². The van der Waals surface area contributed by atoms with Gasteiger partial charge in [0.05, 0.1) is 19.1 Å². The quantitative estimate of drug-likeness (QED) is 0.627. The number of allylic oxidation sites excluding steroid dienone is 2. The molecule has 0 radical (unpaired) electrons. The van der Waals surface area contributed by atoms with E-state index in [0.29, 0.717) is 38.0 Å². The van der Waals surface area contributed by atoms with Crippen LogP contribution in [-0.2, 0) is 4.79 Å². The summed E-state index contributed by atoms with van der Waals surface area (Å²) in [6, 6.07) is 8.96. The molecule has 2 saturated heterocycles. The average molecular weight is 498 g/mol. The lowest BCUT2D eigenvalue weighted by Crippen LogP contribution is -3.13. The predicted octanol–water partition coefficient (Wildman–Crippen LogP) is 3.83. The Bertz CT molecular complexity index is 1060. The fourth-order valence-electron chi connectivity index (χ4n) is 5.51. The molecule has 2 fully saturated rings. The summed E-state index contributed by atoms with van der Waals surface area (Å²) in [7, 11) is 0. The number of rotatable bonds is 7. The van der Waals surface area contributed by atoms with E-state index in [-0.39, 0.29) is 17.7 Å². The monoisotopic (exact) mass is 497 g/mol. The van der Waals surface area contributed by atoms with Crippen LogP contribution < -0.4 is 14.5 Å². The van der Waals surface area contributed by atoms with Gasteiger partial charge >= 0.3 is 11.9 Å². The van der Waals surface area contributed by atoms with Crippen molar-refractivity contribution in [1.29, 1.82) is 0 Å². The molecule has 0 saturated carbocycles. The minimum absolute atomic E-state index is 0.0279. The summed E-state index contributed by atoms with van der Waals surface area (Å²) >= 11 is 0. The van der Waals surface area contributed by atoms with E-state index in [4.69, 9.17) is 9.26 Å². The second-order valence-electron chi connectivity index (χ2n) is 10.9. The van der Waals surface area contributed by atoms with E-state index in [0.717, 1.165) is 61.7 Å². The summed E-state index contributed by atoms with van der Waals surface area (Å²) in [5.74, 6) is 2.66. The molecule has 36 heavy (non-hydrogen) atoms. The van der Waals surface area contributed by atoms with Crippen molar-refractivity contribution >= 4 is 17.5 Å². The number of nitrogens with zero attached hydrogens (tertiary/aromatic N) is 3. The van der Waals surface area contributed by atoms with Gasteiger partial charge in [-0.15, -0.1) is 0 Å². The van der Waals surface area contributed by atoms with Gasteiger partial charge in [0.15, 0.2) is 12.0 Å². The molecule has 1 aliphatic carbocycles. The molecule has 1 aromatic heterocycles. The van der Waals surface area contributed by atoms with Gasteiger partial charge in [0.1, 0.15) is 12.3 Å². The molecular weight excluding hydrogens is 459 g/mol. The molecular formula is C28H38FN4O3+. The van der Waals surface area contributed by atoms with Crippen LogP contribution in [0.1, 0.15) is 69.7 Å². The zero-order chi connectivity index (χ0) is 25.1. The largest absolute Gasteiger partial charge is 0.493 e. The summed E-state index contributed by atoms with van der Waals surface area (Å²) < 4.78 is 25.0. The molecule has 2 aromatic rings. The fraction of sp³-hybridized carbons (Fsp3) is 0.607.